The minimum Gasteiger partial charge on any atom is -0.367 e. The number of piperidine rings is 1. The number of hydrogen-bond acceptors (Lipinski definition) is 3. The molecule has 2 fully saturated rings. The Morgan fingerprint density at radius 1 is 0.921 bits per heavy atom. The average Bonchev–Trinajstić information content (AvgIpc) is 2.97. The third kappa shape index (κ3) is 6.50. The number of benzene rings is 3. The molecule has 2 aliphatic heterocycles. The van der Waals surface area contributed by atoms with Gasteiger partial charge in [-0.15, -0.1) is 0 Å². The molecule has 1 unspecified atom stereocenters. The molecule has 3 aromatic carbocycles. The zero-order valence-electron chi connectivity index (χ0n) is 21.6. The first kappa shape index (κ1) is 27.0. The van der Waals surface area contributed by atoms with Crippen molar-refractivity contribution >= 4 is 35.2 Å². The molecule has 198 valence electrons. The second kappa shape index (κ2) is 12.5. The molecule has 1 amide bonds. The van der Waals surface area contributed by atoms with Crippen molar-refractivity contribution in [2.75, 3.05) is 39.3 Å². The van der Waals surface area contributed by atoms with Crippen molar-refractivity contribution in [3.63, 3.8) is 0 Å². The van der Waals surface area contributed by atoms with Crippen LogP contribution in [0.4, 0.5) is 0 Å². The monoisotopic (exact) mass is 548 g/mol. The molecular weight excluding hydrogens is 515 g/mol. The SMILES string of the molecule is O=C(/C=C/c1ccccc1)N1CCOC(CCN2CCC(c3ccccc3)CC2)(c2ccc(Cl)c(Cl)c2)C1. The molecule has 0 saturated carbocycles. The Balaban J connectivity index is 1.29. The molecule has 2 saturated heterocycles. The quantitative estimate of drug-likeness (QED) is 0.297. The van der Waals surface area contributed by atoms with Crippen LogP contribution < -0.4 is 0 Å². The van der Waals surface area contributed by atoms with E-state index in [1.807, 2.05) is 59.5 Å². The first-order valence-electron chi connectivity index (χ1n) is 13.4. The fourth-order valence-electron chi connectivity index (χ4n) is 5.61. The van der Waals surface area contributed by atoms with Gasteiger partial charge in [-0.25, -0.2) is 0 Å². The summed E-state index contributed by atoms with van der Waals surface area (Å²) >= 11 is 12.7. The van der Waals surface area contributed by atoms with Gasteiger partial charge in [0.05, 0.1) is 23.2 Å². The molecule has 1 atom stereocenters. The minimum atomic E-state index is -0.640. The van der Waals surface area contributed by atoms with Gasteiger partial charge in [-0.1, -0.05) is 89.9 Å². The third-order valence-electron chi connectivity index (χ3n) is 7.85. The molecule has 0 aliphatic carbocycles. The van der Waals surface area contributed by atoms with Gasteiger partial charge in [0.15, 0.2) is 0 Å². The van der Waals surface area contributed by atoms with Crippen LogP contribution in [0.25, 0.3) is 6.08 Å². The van der Waals surface area contributed by atoms with Crippen LogP contribution in [0, 0.1) is 0 Å². The Labute approximate surface area is 235 Å². The number of likely N-dealkylation sites (tertiary alicyclic amines) is 1. The number of ether oxygens (including phenoxy) is 1. The van der Waals surface area contributed by atoms with Crippen LogP contribution in [-0.2, 0) is 15.1 Å². The molecule has 4 nitrogen and oxygen atoms in total. The van der Waals surface area contributed by atoms with E-state index in [0.717, 1.165) is 50.0 Å². The number of halogens is 2. The highest BCUT2D eigenvalue weighted by atomic mass is 35.5. The summed E-state index contributed by atoms with van der Waals surface area (Å²) in [4.78, 5) is 17.6. The summed E-state index contributed by atoms with van der Waals surface area (Å²) in [6.07, 6.45) is 6.61. The third-order valence-corrected chi connectivity index (χ3v) is 8.59. The molecule has 0 aromatic heterocycles. The number of morpholine rings is 1. The first-order valence-corrected chi connectivity index (χ1v) is 14.2. The Morgan fingerprint density at radius 2 is 1.63 bits per heavy atom. The van der Waals surface area contributed by atoms with Crippen molar-refractivity contribution in [3.8, 4) is 0 Å². The maximum absolute atomic E-state index is 13.2. The largest absolute Gasteiger partial charge is 0.367 e. The molecular formula is C32H34Cl2N2O2. The summed E-state index contributed by atoms with van der Waals surface area (Å²) in [5.41, 5.74) is 2.77. The van der Waals surface area contributed by atoms with E-state index in [2.05, 4.69) is 35.2 Å². The molecule has 0 N–H and O–H groups in total. The molecule has 5 rings (SSSR count). The highest BCUT2D eigenvalue weighted by molar-refractivity contribution is 6.42. The topological polar surface area (TPSA) is 32.8 Å². The van der Waals surface area contributed by atoms with Crippen LogP contribution in [0.5, 0.6) is 0 Å². The van der Waals surface area contributed by atoms with Gasteiger partial charge in [-0.2, -0.15) is 0 Å². The second-order valence-electron chi connectivity index (χ2n) is 10.3. The van der Waals surface area contributed by atoms with Crippen LogP contribution in [0.3, 0.4) is 0 Å². The predicted molar refractivity (Wildman–Crippen MR) is 156 cm³/mol. The van der Waals surface area contributed by atoms with E-state index in [0.29, 0.717) is 35.7 Å². The summed E-state index contributed by atoms with van der Waals surface area (Å²) in [6, 6.07) is 26.4. The van der Waals surface area contributed by atoms with Gasteiger partial charge in [0.1, 0.15) is 5.60 Å². The zero-order chi connectivity index (χ0) is 26.4. The van der Waals surface area contributed by atoms with E-state index < -0.39 is 5.60 Å². The van der Waals surface area contributed by atoms with Crippen molar-refractivity contribution in [3.05, 3.63) is 112 Å². The Bertz CT molecular complexity index is 1240. The standard InChI is InChI=1S/C32H34Cl2N2O2/c33-29-13-12-28(23-30(29)34)32(17-20-35-18-15-27(16-19-35)26-9-5-2-6-10-26)24-36(21-22-38-32)31(37)14-11-25-7-3-1-4-8-25/h1-14,23,27H,15-22,24H2/b14-11+. The van der Waals surface area contributed by atoms with Crippen molar-refractivity contribution < 1.29 is 9.53 Å². The summed E-state index contributed by atoms with van der Waals surface area (Å²) in [5.74, 6) is 0.609. The molecule has 2 aliphatic rings. The Morgan fingerprint density at radius 3 is 2.34 bits per heavy atom. The number of rotatable bonds is 7. The minimum absolute atomic E-state index is 0.00901. The second-order valence-corrected chi connectivity index (χ2v) is 11.1. The van der Waals surface area contributed by atoms with E-state index in [1.165, 1.54) is 5.56 Å². The normalized spacial score (nSPS) is 21.2. The Kier molecular flexibility index (Phi) is 8.86. The highest BCUT2D eigenvalue weighted by Gasteiger charge is 2.40. The van der Waals surface area contributed by atoms with Gasteiger partial charge >= 0.3 is 0 Å². The lowest BCUT2D eigenvalue weighted by Crippen LogP contribution is -2.53. The van der Waals surface area contributed by atoms with Gasteiger partial charge in [0, 0.05) is 19.2 Å². The number of hydrogen-bond donors (Lipinski definition) is 0. The molecule has 0 radical (unpaired) electrons. The van der Waals surface area contributed by atoms with E-state index in [4.69, 9.17) is 27.9 Å². The molecule has 3 aromatic rings. The van der Waals surface area contributed by atoms with Gasteiger partial charge in [-0.05, 0) is 73.2 Å². The number of nitrogens with zero attached hydrogens (tertiary/aromatic N) is 2. The van der Waals surface area contributed by atoms with Gasteiger partial charge < -0.3 is 14.5 Å². The summed E-state index contributed by atoms with van der Waals surface area (Å²) < 4.78 is 6.52. The van der Waals surface area contributed by atoms with Crippen molar-refractivity contribution in [1.82, 2.24) is 9.80 Å². The van der Waals surface area contributed by atoms with Gasteiger partial charge in [0.25, 0.3) is 0 Å². The molecule has 6 heteroatoms. The molecule has 2 heterocycles. The van der Waals surface area contributed by atoms with Crippen LogP contribution in [0.1, 0.15) is 41.9 Å². The molecule has 0 spiro atoms. The summed E-state index contributed by atoms with van der Waals surface area (Å²) in [7, 11) is 0. The maximum Gasteiger partial charge on any atom is 0.246 e. The highest BCUT2D eigenvalue weighted by Crippen LogP contribution is 2.37. The van der Waals surface area contributed by atoms with Crippen LogP contribution >= 0.6 is 23.2 Å². The van der Waals surface area contributed by atoms with Crippen LogP contribution in [-0.4, -0.2) is 55.0 Å². The van der Waals surface area contributed by atoms with Crippen LogP contribution in [0.2, 0.25) is 10.0 Å². The van der Waals surface area contributed by atoms with E-state index >= 15 is 0 Å². The van der Waals surface area contributed by atoms with Crippen molar-refractivity contribution in [1.29, 1.82) is 0 Å². The van der Waals surface area contributed by atoms with Gasteiger partial charge in [0.2, 0.25) is 5.91 Å². The van der Waals surface area contributed by atoms with E-state index in [9.17, 15) is 4.79 Å². The lowest BCUT2D eigenvalue weighted by Gasteiger charge is -2.44. The Hall–Kier alpha value is -2.63. The fourth-order valence-corrected chi connectivity index (χ4v) is 5.91. The number of amides is 1. The summed E-state index contributed by atoms with van der Waals surface area (Å²) in [5, 5.41) is 1.02. The molecule has 38 heavy (non-hydrogen) atoms. The zero-order valence-corrected chi connectivity index (χ0v) is 23.1. The van der Waals surface area contributed by atoms with Crippen molar-refractivity contribution in [2.45, 2.75) is 30.8 Å². The fraction of sp³-hybridized carbons (Fsp3) is 0.344. The first-order chi connectivity index (χ1) is 18.5. The van der Waals surface area contributed by atoms with Crippen LogP contribution in [0.15, 0.2) is 84.9 Å². The van der Waals surface area contributed by atoms with E-state index in [1.54, 1.807) is 6.08 Å². The lowest BCUT2D eigenvalue weighted by molar-refractivity contribution is -0.150. The average molecular weight is 550 g/mol. The molecule has 0 bridgehead atoms. The van der Waals surface area contributed by atoms with Gasteiger partial charge in [-0.3, -0.25) is 4.79 Å². The number of carbonyl (C=O) groups is 1. The number of carbonyl (C=O) groups excluding carboxylic acids is 1. The van der Waals surface area contributed by atoms with E-state index in [-0.39, 0.29) is 5.91 Å². The smallest absolute Gasteiger partial charge is 0.246 e. The lowest BCUT2D eigenvalue weighted by atomic mass is 9.86. The summed E-state index contributed by atoms with van der Waals surface area (Å²) in [6.45, 7) is 4.51. The van der Waals surface area contributed by atoms with Crippen molar-refractivity contribution in [2.24, 2.45) is 0 Å². The maximum atomic E-state index is 13.2. The predicted octanol–water partition coefficient (Wildman–Crippen LogP) is 7.03.